The summed E-state index contributed by atoms with van der Waals surface area (Å²) in [7, 11) is 0. The Labute approximate surface area is 83.6 Å². The van der Waals surface area contributed by atoms with Gasteiger partial charge in [-0.2, -0.15) is 11.3 Å². The van der Waals surface area contributed by atoms with Crippen molar-refractivity contribution in [1.29, 1.82) is 0 Å². The van der Waals surface area contributed by atoms with Gasteiger partial charge < -0.3 is 0 Å². The van der Waals surface area contributed by atoms with Gasteiger partial charge in [-0.1, -0.05) is 13.8 Å². The van der Waals surface area contributed by atoms with Crippen molar-refractivity contribution in [2.45, 2.75) is 38.0 Å². The van der Waals surface area contributed by atoms with Crippen LogP contribution in [0.3, 0.4) is 0 Å². The Bertz CT molecular complexity index is 224. The molecule has 0 amide bonds. The monoisotopic (exact) mass is 202 g/mol. The van der Waals surface area contributed by atoms with Gasteiger partial charge in [0.1, 0.15) is 0 Å². The third-order valence-electron chi connectivity index (χ3n) is 2.09. The van der Waals surface area contributed by atoms with Gasteiger partial charge in [0.2, 0.25) is 0 Å². The molecule has 0 aliphatic carbocycles. The highest BCUT2D eigenvalue weighted by Gasteiger charge is 2.22. The van der Waals surface area contributed by atoms with Crippen molar-refractivity contribution in [2.24, 2.45) is 0 Å². The van der Waals surface area contributed by atoms with Gasteiger partial charge in [0.25, 0.3) is 0 Å². The minimum absolute atomic E-state index is 0.223. The zero-order valence-corrected chi connectivity index (χ0v) is 9.38. The summed E-state index contributed by atoms with van der Waals surface area (Å²) in [5.74, 6) is 0. The van der Waals surface area contributed by atoms with E-state index in [0.717, 1.165) is 6.42 Å². The summed E-state index contributed by atoms with van der Waals surface area (Å²) in [5.41, 5.74) is 1.63. The molecule has 68 valence electrons. The van der Waals surface area contributed by atoms with Gasteiger partial charge in [-0.15, -0.1) is 11.6 Å². The molecule has 0 aliphatic rings. The smallest absolute Gasteiger partial charge is 0.0316 e. The first kappa shape index (κ1) is 10.1. The van der Waals surface area contributed by atoms with Gasteiger partial charge >= 0.3 is 0 Å². The lowest BCUT2D eigenvalue weighted by molar-refractivity contribution is 0.478. The van der Waals surface area contributed by atoms with Crippen LogP contribution in [0.5, 0.6) is 0 Å². The number of hydrogen-bond donors (Lipinski definition) is 0. The van der Waals surface area contributed by atoms with Gasteiger partial charge in [0.15, 0.2) is 0 Å². The molecule has 1 rings (SSSR count). The van der Waals surface area contributed by atoms with E-state index in [4.69, 9.17) is 11.6 Å². The molecule has 0 nitrogen and oxygen atoms in total. The van der Waals surface area contributed by atoms with E-state index in [2.05, 4.69) is 37.6 Å². The summed E-state index contributed by atoms with van der Waals surface area (Å²) in [6.07, 6.45) is 1.03. The molecule has 0 aliphatic heterocycles. The van der Waals surface area contributed by atoms with Crippen molar-refractivity contribution >= 4 is 22.9 Å². The third kappa shape index (κ3) is 2.49. The molecule has 1 atom stereocenters. The second kappa shape index (κ2) is 3.80. The zero-order chi connectivity index (χ0) is 9.19. The Morgan fingerprint density at radius 3 is 2.67 bits per heavy atom. The minimum atomic E-state index is 0.223. The van der Waals surface area contributed by atoms with Gasteiger partial charge in [0, 0.05) is 5.38 Å². The average molecular weight is 203 g/mol. The predicted molar refractivity (Wildman–Crippen MR) is 57.3 cm³/mol. The molecule has 0 aromatic carbocycles. The fraction of sp³-hybridized carbons (Fsp3) is 0.600. The molecule has 1 aromatic rings. The number of hydrogen-bond acceptors (Lipinski definition) is 1. The molecule has 1 heterocycles. The normalized spacial score (nSPS) is 14.7. The first-order valence-electron chi connectivity index (χ1n) is 4.19. The summed E-state index contributed by atoms with van der Waals surface area (Å²) in [6, 6.07) is 2.18. The van der Waals surface area contributed by atoms with Gasteiger partial charge in [0.05, 0.1) is 0 Å². The van der Waals surface area contributed by atoms with Gasteiger partial charge in [-0.05, 0) is 41.1 Å². The SMILES string of the molecule is CC(Cl)CC(C)(C)c1ccsc1. The Morgan fingerprint density at radius 1 is 1.58 bits per heavy atom. The second-order valence-corrected chi connectivity index (χ2v) is 5.41. The Hall–Kier alpha value is -0.0100. The van der Waals surface area contributed by atoms with Crippen molar-refractivity contribution in [2.75, 3.05) is 0 Å². The summed E-state index contributed by atoms with van der Waals surface area (Å²) in [5, 5.41) is 4.58. The van der Waals surface area contributed by atoms with E-state index in [1.807, 2.05) is 0 Å². The largest absolute Gasteiger partial charge is 0.152 e. The summed E-state index contributed by atoms with van der Waals surface area (Å²) in [4.78, 5) is 0. The highest BCUT2D eigenvalue weighted by Crippen LogP contribution is 2.31. The van der Waals surface area contributed by atoms with Crippen LogP contribution in [0.1, 0.15) is 32.8 Å². The van der Waals surface area contributed by atoms with Crippen LogP contribution >= 0.6 is 22.9 Å². The van der Waals surface area contributed by atoms with Crippen LogP contribution in [-0.2, 0) is 5.41 Å². The lowest BCUT2D eigenvalue weighted by atomic mass is 9.82. The average Bonchev–Trinajstić information content (AvgIpc) is 2.32. The number of halogens is 1. The van der Waals surface area contributed by atoms with Crippen LogP contribution < -0.4 is 0 Å². The van der Waals surface area contributed by atoms with Crippen molar-refractivity contribution < 1.29 is 0 Å². The third-order valence-corrected chi connectivity index (χ3v) is 2.93. The maximum absolute atomic E-state index is 5.98. The minimum Gasteiger partial charge on any atom is -0.152 e. The Morgan fingerprint density at radius 2 is 2.25 bits per heavy atom. The van der Waals surface area contributed by atoms with Gasteiger partial charge in [-0.3, -0.25) is 0 Å². The van der Waals surface area contributed by atoms with Crippen LogP contribution in [0.15, 0.2) is 16.8 Å². The quantitative estimate of drug-likeness (QED) is 0.649. The molecule has 0 saturated carbocycles. The van der Waals surface area contributed by atoms with E-state index >= 15 is 0 Å². The molecule has 0 radical (unpaired) electrons. The van der Waals surface area contributed by atoms with E-state index < -0.39 is 0 Å². The number of alkyl halides is 1. The summed E-state index contributed by atoms with van der Waals surface area (Å²) < 4.78 is 0. The molecule has 0 saturated heterocycles. The lowest BCUT2D eigenvalue weighted by Gasteiger charge is -2.24. The van der Waals surface area contributed by atoms with E-state index in [0.29, 0.717) is 0 Å². The van der Waals surface area contributed by atoms with E-state index in [1.165, 1.54) is 5.56 Å². The zero-order valence-electron chi connectivity index (χ0n) is 7.80. The highest BCUT2D eigenvalue weighted by molar-refractivity contribution is 7.08. The van der Waals surface area contributed by atoms with Gasteiger partial charge in [-0.25, -0.2) is 0 Å². The molecule has 2 heteroatoms. The van der Waals surface area contributed by atoms with E-state index in [1.54, 1.807) is 11.3 Å². The van der Waals surface area contributed by atoms with Crippen LogP contribution in [0.2, 0.25) is 0 Å². The molecule has 1 aromatic heterocycles. The number of rotatable bonds is 3. The van der Waals surface area contributed by atoms with Crippen molar-refractivity contribution in [3.8, 4) is 0 Å². The van der Waals surface area contributed by atoms with E-state index in [9.17, 15) is 0 Å². The summed E-state index contributed by atoms with van der Waals surface area (Å²) >= 11 is 7.73. The molecule has 1 unspecified atom stereocenters. The Kier molecular flexibility index (Phi) is 3.19. The van der Waals surface area contributed by atoms with Crippen LogP contribution in [-0.4, -0.2) is 5.38 Å². The fourth-order valence-electron chi connectivity index (χ4n) is 1.47. The molecule has 0 N–H and O–H groups in total. The maximum atomic E-state index is 5.98. The van der Waals surface area contributed by atoms with Crippen molar-refractivity contribution in [3.05, 3.63) is 22.4 Å². The molecule has 12 heavy (non-hydrogen) atoms. The standard InChI is InChI=1S/C10H15ClS/c1-8(11)6-10(2,3)9-4-5-12-7-9/h4-5,7-8H,6H2,1-3H3. The maximum Gasteiger partial charge on any atom is 0.0316 e. The second-order valence-electron chi connectivity index (χ2n) is 3.88. The van der Waals surface area contributed by atoms with Crippen molar-refractivity contribution in [3.63, 3.8) is 0 Å². The molecule has 0 bridgehead atoms. The molecule has 0 fully saturated rings. The molecule has 0 spiro atoms. The highest BCUT2D eigenvalue weighted by atomic mass is 35.5. The summed E-state index contributed by atoms with van der Waals surface area (Å²) in [6.45, 7) is 6.54. The van der Waals surface area contributed by atoms with Crippen LogP contribution in [0, 0.1) is 0 Å². The first-order chi connectivity index (χ1) is 5.52. The molecular formula is C10H15ClS. The predicted octanol–water partition coefficient (Wildman–Crippen LogP) is 4.04. The topological polar surface area (TPSA) is 0 Å². The van der Waals surface area contributed by atoms with E-state index in [-0.39, 0.29) is 10.8 Å². The first-order valence-corrected chi connectivity index (χ1v) is 5.57. The van der Waals surface area contributed by atoms with Crippen LogP contribution in [0.4, 0.5) is 0 Å². The number of thiophene rings is 1. The molecular weight excluding hydrogens is 188 g/mol. The fourth-order valence-corrected chi connectivity index (χ4v) is 2.70. The Balaban J connectivity index is 2.72. The lowest BCUT2D eigenvalue weighted by Crippen LogP contribution is -2.19. The van der Waals surface area contributed by atoms with Crippen molar-refractivity contribution in [1.82, 2.24) is 0 Å². The van der Waals surface area contributed by atoms with Crippen LogP contribution in [0.25, 0.3) is 0 Å².